The first-order valence-electron chi connectivity index (χ1n) is 9.15. The lowest BCUT2D eigenvalue weighted by Gasteiger charge is -2.26. The maximum Gasteiger partial charge on any atom is 0.326 e. The van der Waals surface area contributed by atoms with Crippen molar-refractivity contribution in [3.05, 3.63) is 0 Å². The van der Waals surface area contributed by atoms with Crippen LogP contribution in [0.25, 0.3) is 0 Å². The third kappa shape index (κ3) is 10.4. The van der Waals surface area contributed by atoms with Gasteiger partial charge in [-0.1, -0.05) is 13.8 Å². The van der Waals surface area contributed by atoms with Crippen molar-refractivity contribution >= 4 is 35.6 Å². The zero-order valence-corrected chi connectivity index (χ0v) is 16.7. The molecular weight excluding hydrogens is 404 g/mol. The van der Waals surface area contributed by atoms with Crippen LogP contribution in [0.2, 0.25) is 0 Å². The first-order valence-corrected chi connectivity index (χ1v) is 9.15. The van der Waals surface area contributed by atoms with Gasteiger partial charge in [0.15, 0.2) is 0 Å². The van der Waals surface area contributed by atoms with E-state index in [-0.39, 0.29) is 12.8 Å². The van der Waals surface area contributed by atoms with Crippen molar-refractivity contribution in [2.24, 2.45) is 11.7 Å². The van der Waals surface area contributed by atoms with E-state index in [4.69, 9.17) is 21.1 Å². The summed E-state index contributed by atoms with van der Waals surface area (Å²) in [4.78, 5) is 69.2. The third-order valence-corrected chi connectivity index (χ3v) is 3.99. The van der Waals surface area contributed by atoms with Crippen molar-refractivity contribution in [1.82, 2.24) is 16.0 Å². The first-order chi connectivity index (χ1) is 13.9. The van der Waals surface area contributed by atoms with Crippen LogP contribution in [0.4, 0.5) is 0 Å². The molecule has 0 saturated carbocycles. The third-order valence-electron chi connectivity index (χ3n) is 3.99. The van der Waals surface area contributed by atoms with Gasteiger partial charge in [0.2, 0.25) is 17.7 Å². The normalized spacial score (nSPS) is 13.6. The molecule has 13 nitrogen and oxygen atoms in total. The topological polar surface area (TPSA) is 225 Å². The zero-order valence-electron chi connectivity index (χ0n) is 16.7. The number of nitrogens with one attached hydrogen (secondary N) is 3. The standard InChI is InChI=1S/C17H28N4O9/c1-8(2)14(16(28)20-10(17(29)30)4-6-13(25)26)21-15(27)9(3-5-12(23)24)19-11(22)7-18/h8-10,14H,3-7,18H2,1-2H3,(H,19,22)(H,20,28)(H,21,27)(H,23,24)(H,25,26)(H,29,30)/t9-,10-,14-/m0/s1. The molecule has 0 aromatic heterocycles. The Hall–Kier alpha value is -3.22. The van der Waals surface area contributed by atoms with E-state index in [0.717, 1.165) is 0 Å². The van der Waals surface area contributed by atoms with Gasteiger partial charge in [-0.2, -0.15) is 0 Å². The molecular formula is C17H28N4O9. The molecule has 0 aromatic carbocycles. The van der Waals surface area contributed by atoms with Gasteiger partial charge < -0.3 is 37.0 Å². The lowest BCUT2D eigenvalue weighted by Crippen LogP contribution is -2.57. The predicted molar refractivity (Wildman–Crippen MR) is 101 cm³/mol. The van der Waals surface area contributed by atoms with Crippen LogP contribution in [0.1, 0.15) is 39.5 Å². The van der Waals surface area contributed by atoms with Crippen LogP contribution in [0, 0.1) is 5.92 Å². The molecule has 30 heavy (non-hydrogen) atoms. The Morgan fingerprint density at radius 1 is 0.767 bits per heavy atom. The molecule has 0 spiro atoms. The molecule has 170 valence electrons. The number of nitrogens with two attached hydrogens (primary N) is 1. The van der Waals surface area contributed by atoms with E-state index in [0.29, 0.717) is 0 Å². The second-order valence-corrected chi connectivity index (χ2v) is 6.82. The van der Waals surface area contributed by atoms with Crippen LogP contribution >= 0.6 is 0 Å². The summed E-state index contributed by atoms with van der Waals surface area (Å²) >= 11 is 0. The van der Waals surface area contributed by atoms with Crippen molar-refractivity contribution in [2.45, 2.75) is 57.7 Å². The van der Waals surface area contributed by atoms with Gasteiger partial charge in [0.05, 0.1) is 6.54 Å². The summed E-state index contributed by atoms with van der Waals surface area (Å²) in [5.41, 5.74) is 5.19. The minimum Gasteiger partial charge on any atom is -0.481 e. The molecule has 0 rings (SSSR count). The molecule has 13 heteroatoms. The average Bonchev–Trinajstić information content (AvgIpc) is 2.64. The number of aliphatic carboxylic acids is 3. The van der Waals surface area contributed by atoms with Gasteiger partial charge in [-0.05, 0) is 18.8 Å². The Bertz CT molecular complexity index is 666. The van der Waals surface area contributed by atoms with Gasteiger partial charge in [0, 0.05) is 12.8 Å². The van der Waals surface area contributed by atoms with Crippen LogP contribution in [-0.4, -0.2) is 75.6 Å². The van der Waals surface area contributed by atoms with Gasteiger partial charge in [-0.25, -0.2) is 4.79 Å². The smallest absolute Gasteiger partial charge is 0.326 e. The summed E-state index contributed by atoms with van der Waals surface area (Å²) in [6.45, 7) is 2.71. The lowest BCUT2D eigenvalue weighted by atomic mass is 10.0. The molecule has 0 radical (unpaired) electrons. The highest BCUT2D eigenvalue weighted by atomic mass is 16.4. The molecule has 0 aliphatic carbocycles. The molecule has 0 unspecified atom stereocenters. The second kappa shape index (κ2) is 13.1. The van der Waals surface area contributed by atoms with Gasteiger partial charge in [-0.3, -0.25) is 24.0 Å². The number of carbonyl (C=O) groups is 6. The highest BCUT2D eigenvalue weighted by Crippen LogP contribution is 2.07. The summed E-state index contributed by atoms with van der Waals surface area (Å²) in [6.07, 6.45) is -1.53. The Morgan fingerprint density at radius 3 is 1.67 bits per heavy atom. The van der Waals surface area contributed by atoms with Crippen molar-refractivity contribution in [1.29, 1.82) is 0 Å². The van der Waals surface area contributed by atoms with E-state index in [1.54, 1.807) is 13.8 Å². The van der Waals surface area contributed by atoms with Crippen LogP contribution in [0.5, 0.6) is 0 Å². The molecule has 3 amide bonds. The molecule has 0 fully saturated rings. The fourth-order valence-corrected chi connectivity index (χ4v) is 2.37. The van der Waals surface area contributed by atoms with Crippen LogP contribution in [0.3, 0.4) is 0 Å². The number of rotatable bonds is 14. The number of carbonyl (C=O) groups excluding carboxylic acids is 3. The fraction of sp³-hybridized carbons (Fsp3) is 0.647. The Labute approximate surface area is 172 Å². The van der Waals surface area contributed by atoms with Gasteiger partial charge in [-0.15, -0.1) is 0 Å². The van der Waals surface area contributed by atoms with Crippen molar-refractivity contribution in [3.63, 3.8) is 0 Å². The molecule has 0 aliphatic rings. The van der Waals surface area contributed by atoms with Gasteiger partial charge >= 0.3 is 17.9 Å². The molecule has 3 atom stereocenters. The quantitative estimate of drug-likeness (QED) is 0.158. The van der Waals surface area contributed by atoms with Crippen molar-refractivity contribution < 1.29 is 44.1 Å². The Morgan fingerprint density at radius 2 is 1.27 bits per heavy atom. The number of amides is 3. The van der Waals surface area contributed by atoms with Gasteiger partial charge in [0.1, 0.15) is 18.1 Å². The highest BCUT2D eigenvalue weighted by Gasteiger charge is 2.31. The maximum atomic E-state index is 12.5. The van der Waals surface area contributed by atoms with Crippen molar-refractivity contribution in [3.8, 4) is 0 Å². The lowest BCUT2D eigenvalue weighted by molar-refractivity contribution is -0.143. The minimum absolute atomic E-state index is 0.254. The van der Waals surface area contributed by atoms with E-state index in [1.165, 1.54) is 0 Å². The SMILES string of the molecule is CC(C)[C@H](NC(=O)[C@H](CCC(=O)O)NC(=O)CN)C(=O)N[C@@H](CCC(=O)O)C(=O)O. The molecule has 8 N–H and O–H groups in total. The molecule has 0 bridgehead atoms. The van der Waals surface area contributed by atoms with E-state index in [1.807, 2.05) is 0 Å². The fourth-order valence-electron chi connectivity index (χ4n) is 2.37. The molecule has 0 aromatic rings. The maximum absolute atomic E-state index is 12.5. The monoisotopic (exact) mass is 432 g/mol. The van der Waals surface area contributed by atoms with Crippen LogP contribution in [0.15, 0.2) is 0 Å². The van der Waals surface area contributed by atoms with E-state index in [2.05, 4.69) is 16.0 Å². The molecule has 0 aliphatic heterocycles. The number of hydrogen-bond donors (Lipinski definition) is 7. The summed E-state index contributed by atoms with van der Waals surface area (Å²) < 4.78 is 0. The Balaban J connectivity index is 5.30. The summed E-state index contributed by atoms with van der Waals surface area (Å²) in [5, 5.41) is 33.5. The van der Waals surface area contributed by atoms with E-state index < -0.39 is 79.1 Å². The second-order valence-electron chi connectivity index (χ2n) is 6.82. The van der Waals surface area contributed by atoms with Crippen LogP contribution in [-0.2, 0) is 28.8 Å². The molecule has 0 heterocycles. The summed E-state index contributed by atoms with van der Waals surface area (Å²) in [5.74, 6) is -6.79. The van der Waals surface area contributed by atoms with Crippen molar-refractivity contribution in [2.75, 3.05) is 6.54 Å². The minimum atomic E-state index is -1.48. The molecule has 0 saturated heterocycles. The number of carboxylic acids is 3. The first kappa shape index (κ1) is 26.8. The largest absolute Gasteiger partial charge is 0.481 e. The number of carboxylic acid groups (broad SMARTS) is 3. The van der Waals surface area contributed by atoms with Gasteiger partial charge in [0.25, 0.3) is 0 Å². The zero-order chi connectivity index (χ0) is 23.4. The van der Waals surface area contributed by atoms with Crippen LogP contribution < -0.4 is 21.7 Å². The van der Waals surface area contributed by atoms with E-state index in [9.17, 15) is 28.8 Å². The number of hydrogen-bond acceptors (Lipinski definition) is 7. The Kier molecular flexibility index (Phi) is 11.7. The predicted octanol–water partition coefficient (Wildman–Crippen LogP) is -2.13. The highest BCUT2D eigenvalue weighted by molar-refractivity contribution is 5.94. The van der Waals surface area contributed by atoms with E-state index >= 15 is 0 Å². The average molecular weight is 432 g/mol. The summed E-state index contributed by atoms with van der Waals surface area (Å²) in [6, 6.07) is -3.97. The summed E-state index contributed by atoms with van der Waals surface area (Å²) in [7, 11) is 0.